The maximum Gasteiger partial charge on any atom is 0.338 e. The number of likely N-dealkylation sites (N-methyl/N-ethyl adjacent to an activating group) is 1. The molecular weight excluding hydrogens is 390 g/mol. The summed E-state index contributed by atoms with van der Waals surface area (Å²) in [5.41, 5.74) is 1.15. The monoisotopic (exact) mass is 415 g/mol. The third-order valence-corrected chi connectivity index (χ3v) is 4.63. The molecule has 1 aliphatic heterocycles. The Morgan fingerprint density at radius 2 is 1.63 bits per heavy atom. The Balaban J connectivity index is 1.61. The Bertz CT molecular complexity index is 890. The first-order chi connectivity index (χ1) is 14.5. The predicted molar refractivity (Wildman–Crippen MR) is 108 cm³/mol. The Morgan fingerprint density at radius 1 is 0.967 bits per heavy atom. The number of methoxy groups -OCH3 is 2. The molecule has 0 fully saturated rings. The zero-order valence-corrected chi connectivity index (χ0v) is 17.3. The van der Waals surface area contributed by atoms with Crippen molar-refractivity contribution in [2.45, 2.75) is 13.5 Å². The molecule has 0 N–H and O–H groups in total. The zero-order chi connectivity index (χ0) is 21.5. The summed E-state index contributed by atoms with van der Waals surface area (Å²) in [6.45, 7) is 3.37. The highest BCUT2D eigenvalue weighted by molar-refractivity contribution is 5.92. The largest absolute Gasteiger partial charge is 0.497 e. The summed E-state index contributed by atoms with van der Waals surface area (Å²) >= 11 is 0. The first-order valence-electron chi connectivity index (χ1n) is 9.60. The van der Waals surface area contributed by atoms with E-state index in [0.717, 1.165) is 5.56 Å². The highest BCUT2D eigenvalue weighted by Gasteiger charge is 2.18. The Morgan fingerprint density at radius 3 is 2.27 bits per heavy atom. The van der Waals surface area contributed by atoms with Gasteiger partial charge < -0.3 is 28.6 Å². The molecule has 0 aromatic heterocycles. The van der Waals surface area contributed by atoms with Gasteiger partial charge in [-0.05, 0) is 36.8 Å². The molecule has 0 atom stereocenters. The van der Waals surface area contributed by atoms with E-state index in [4.69, 9.17) is 23.7 Å². The molecule has 0 radical (unpaired) electrons. The van der Waals surface area contributed by atoms with Gasteiger partial charge in [0.15, 0.2) is 18.1 Å². The van der Waals surface area contributed by atoms with E-state index in [9.17, 15) is 9.59 Å². The molecule has 2 aromatic rings. The second-order valence-corrected chi connectivity index (χ2v) is 6.56. The van der Waals surface area contributed by atoms with E-state index in [1.807, 2.05) is 25.1 Å². The van der Waals surface area contributed by atoms with Crippen molar-refractivity contribution in [1.82, 2.24) is 4.90 Å². The highest BCUT2D eigenvalue weighted by Crippen LogP contribution is 2.31. The molecule has 0 spiro atoms. The van der Waals surface area contributed by atoms with Gasteiger partial charge in [0.05, 0.1) is 19.8 Å². The van der Waals surface area contributed by atoms with Crippen LogP contribution in [0.5, 0.6) is 23.0 Å². The molecule has 0 aliphatic carbocycles. The molecule has 8 nitrogen and oxygen atoms in total. The van der Waals surface area contributed by atoms with Gasteiger partial charge in [0.2, 0.25) is 0 Å². The summed E-state index contributed by atoms with van der Waals surface area (Å²) in [7, 11) is 2.98. The third-order valence-electron chi connectivity index (χ3n) is 4.63. The van der Waals surface area contributed by atoms with Crippen molar-refractivity contribution < 1.29 is 33.3 Å². The number of benzene rings is 2. The number of carbonyl (C=O) groups excluding carboxylic acids is 2. The van der Waals surface area contributed by atoms with Crippen LogP contribution in [0.1, 0.15) is 22.8 Å². The minimum atomic E-state index is -0.629. The van der Waals surface area contributed by atoms with Gasteiger partial charge in [0.25, 0.3) is 5.91 Å². The molecule has 30 heavy (non-hydrogen) atoms. The molecule has 3 rings (SSSR count). The molecule has 0 saturated heterocycles. The molecule has 0 saturated carbocycles. The van der Waals surface area contributed by atoms with Crippen molar-refractivity contribution >= 4 is 11.9 Å². The predicted octanol–water partition coefficient (Wildman–Crippen LogP) is 2.68. The molecule has 8 heteroatoms. The molecule has 1 heterocycles. The lowest BCUT2D eigenvalue weighted by Crippen LogP contribution is -2.34. The Labute approximate surface area is 175 Å². The summed E-state index contributed by atoms with van der Waals surface area (Å²) in [6, 6.07) is 10.3. The first kappa shape index (κ1) is 21.3. The number of hydrogen-bond donors (Lipinski definition) is 0. The van der Waals surface area contributed by atoms with Gasteiger partial charge in [-0.2, -0.15) is 0 Å². The van der Waals surface area contributed by atoms with Crippen LogP contribution in [0.4, 0.5) is 0 Å². The number of rotatable bonds is 8. The van der Waals surface area contributed by atoms with Crippen LogP contribution in [0.25, 0.3) is 0 Å². The second kappa shape index (κ2) is 9.87. The van der Waals surface area contributed by atoms with Crippen LogP contribution in [0, 0.1) is 0 Å². The number of carbonyl (C=O) groups is 2. The second-order valence-electron chi connectivity index (χ2n) is 6.56. The van der Waals surface area contributed by atoms with Gasteiger partial charge >= 0.3 is 5.97 Å². The molecule has 0 bridgehead atoms. The maximum atomic E-state index is 12.6. The minimum Gasteiger partial charge on any atom is -0.497 e. The van der Waals surface area contributed by atoms with Crippen molar-refractivity contribution in [3.63, 3.8) is 0 Å². The number of fused-ring (bicyclic) bond motifs is 1. The number of nitrogens with zero attached hydrogens (tertiary/aromatic N) is 1. The van der Waals surface area contributed by atoms with Gasteiger partial charge in [0, 0.05) is 19.2 Å². The minimum absolute atomic E-state index is 0.244. The topological polar surface area (TPSA) is 83.5 Å². The Kier molecular flexibility index (Phi) is 7.00. The van der Waals surface area contributed by atoms with E-state index in [-0.39, 0.29) is 18.1 Å². The summed E-state index contributed by atoms with van der Waals surface area (Å²) in [5, 5.41) is 0. The Hall–Kier alpha value is -3.42. The average Bonchev–Trinajstić information content (AvgIpc) is 2.80. The summed E-state index contributed by atoms with van der Waals surface area (Å²) < 4.78 is 26.6. The van der Waals surface area contributed by atoms with E-state index in [0.29, 0.717) is 49.3 Å². The van der Waals surface area contributed by atoms with Crippen LogP contribution in [-0.2, 0) is 16.1 Å². The van der Waals surface area contributed by atoms with E-state index in [2.05, 4.69) is 0 Å². The first-order valence-corrected chi connectivity index (χ1v) is 9.60. The molecule has 1 aliphatic rings. The lowest BCUT2D eigenvalue weighted by atomic mass is 10.1. The number of esters is 1. The van der Waals surface area contributed by atoms with E-state index in [1.54, 1.807) is 11.0 Å². The van der Waals surface area contributed by atoms with E-state index >= 15 is 0 Å². The fraction of sp³-hybridized carbons (Fsp3) is 0.364. The van der Waals surface area contributed by atoms with Gasteiger partial charge in [-0.1, -0.05) is 6.07 Å². The maximum absolute atomic E-state index is 12.6. The van der Waals surface area contributed by atoms with Gasteiger partial charge in [0.1, 0.15) is 24.7 Å². The summed E-state index contributed by atoms with van der Waals surface area (Å²) in [4.78, 5) is 26.6. The van der Waals surface area contributed by atoms with Crippen molar-refractivity contribution in [3.8, 4) is 23.0 Å². The van der Waals surface area contributed by atoms with E-state index in [1.165, 1.54) is 26.4 Å². The standard InChI is InChI=1S/C22H25NO7/c1-4-23(13-15-5-6-19-20(9-15)29-8-7-28-19)21(24)14-30-22(25)16-10-17(26-2)12-18(11-16)27-3/h5-6,9-12H,4,7-8,13-14H2,1-3H3. The van der Waals surface area contributed by atoms with Crippen molar-refractivity contribution in [2.24, 2.45) is 0 Å². The highest BCUT2D eigenvalue weighted by atomic mass is 16.6. The van der Waals surface area contributed by atoms with Gasteiger partial charge in [-0.3, -0.25) is 4.79 Å². The third kappa shape index (κ3) is 5.14. The lowest BCUT2D eigenvalue weighted by molar-refractivity contribution is -0.134. The van der Waals surface area contributed by atoms with Crippen LogP contribution in [-0.4, -0.2) is 57.4 Å². The van der Waals surface area contributed by atoms with Crippen LogP contribution >= 0.6 is 0 Å². The zero-order valence-electron chi connectivity index (χ0n) is 17.3. The molecule has 160 valence electrons. The number of hydrogen-bond acceptors (Lipinski definition) is 7. The van der Waals surface area contributed by atoms with Crippen molar-refractivity contribution in [1.29, 1.82) is 0 Å². The van der Waals surface area contributed by atoms with Crippen LogP contribution < -0.4 is 18.9 Å². The lowest BCUT2D eigenvalue weighted by Gasteiger charge is -2.23. The average molecular weight is 415 g/mol. The summed E-state index contributed by atoms with van der Waals surface area (Å²) in [5.74, 6) is 1.36. The van der Waals surface area contributed by atoms with Crippen molar-refractivity contribution in [3.05, 3.63) is 47.5 Å². The van der Waals surface area contributed by atoms with Gasteiger partial charge in [-0.25, -0.2) is 4.79 Å². The quantitative estimate of drug-likeness (QED) is 0.613. The number of amides is 1. The van der Waals surface area contributed by atoms with Crippen molar-refractivity contribution in [2.75, 3.05) is 40.6 Å². The molecule has 2 aromatic carbocycles. The molecular formula is C22H25NO7. The smallest absolute Gasteiger partial charge is 0.338 e. The molecule has 1 amide bonds. The SMILES string of the molecule is CCN(Cc1ccc2c(c1)OCCO2)C(=O)COC(=O)c1cc(OC)cc(OC)c1. The normalized spacial score (nSPS) is 12.1. The fourth-order valence-electron chi connectivity index (χ4n) is 3.01. The van der Waals surface area contributed by atoms with Crippen LogP contribution in [0.15, 0.2) is 36.4 Å². The number of ether oxygens (including phenoxy) is 5. The molecule has 0 unspecified atom stereocenters. The summed E-state index contributed by atoms with van der Waals surface area (Å²) in [6.07, 6.45) is 0. The van der Waals surface area contributed by atoms with E-state index < -0.39 is 5.97 Å². The fourth-order valence-corrected chi connectivity index (χ4v) is 3.01. The van der Waals surface area contributed by atoms with Crippen LogP contribution in [0.3, 0.4) is 0 Å². The van der Waals surface area contributed by atoms with Gasteiger partial charge in [-0.15, -0.1) is 0 Å². The van der Waals surface area contributed by atoms with Crippen LogP contribution in [0.2, 0.25) is 0 Å².